The lowest BCUT2D eigenvalue weighted by atomic mass is 9.93. The molecule has 1 radical (unpaired) electrons. The highest BCUT2D eigenvalue weighted by atomic mass is 16.3. The van der Waals surface area contributed by atoms with Gasteiger partial charge in [-0.25, -0.2) is 0 Å². The molecule has 1 aliphatic rings. The molecular weight excluding hydrogens is 144 g/mol. The molecule has 0 amide bonds. The number of rotatable bonds is 1. The van der Waals surface area contributed by atoms with Gasteiger partial charge in [0.1, 0.15) is 12.2 Å². The normalized spacial score (nSPS) is 44.9. The van der Waals surface area contributed by atoms with Crippen LogP contribution in [0.2, 0.25) is 0 Å². The Hall–Kier alpha value is -0.410. The van der Waals surface area contributed by atoms with E-state index in [1.807, 2.05) is 6.92 Å². The predicted molar refractivity (Wildman–Crippen MR) is 39.6 cm³/mol. The molecule has 2 N–H and O–H groups in total. The van der Waals surface area contributed by atoms with Crippen LogP contribution in [0.15, 0.2) is 0 Å². The van der Waals surface area contributed by atoms with Crippen LogP contribution in [0.3, 0.4) is 0 Å². The molecule has 1 saturated carbocycles. The van der Waals surface area contributed by atoms with E-state index in [1.54, 1.807) is 0 Å². The number of hydrogen-bond acceptors (Lipinski definition) is 3. The molecule has 0 heterocycles. The largest absolute Gasteiger partial charge is 0.385 e. The van der Waals surface area contributed by atoms with Crippen molar-refractivity contribution >= 4 is 5.78 Å². The zero-order valence-electron chi connectivity index (χ0n) is 6.53. The van der Waals surface area contributed by atoms with Crippen molar-refractivity contribution in [3.05, 3.63) is 6.92 Å². The fourth-order valence-electron chi connectivity index (χ4n) is 1.59. The van der Waals surface area contributed by atoms with E-state index in [2.05, 4.69) is 6.92 Å². The van der Waals surface area contributed by atoms with Crippen molar-refractivity contribution in [3.63, 3.8) is 0 Å². The molecule has 0 aromatic carbocycles. The maximum absolute atomic E-state index is 10.9. The van der Waals surface area contributed by atoms with Gasteiger partial charge >= 0.3 is 0 Å². The van der Waals surface area contributed by atoms with Gasteiger partial charge in [-0.05, 0) is 18.8 Å². The summed E-state index contributed by atoms with van der Waals surface area (Å²) in [6, 6.07) is 0. The Balaban J connectivity index is 2.77. The first-order valence-corrected chi connectivity index (χ1v) is 3.82. The van der Waals surface area contributed by atoms with E-state index in [-0.39, 0.29) is 11.8 Å². The van der Waals surface area contributed by atoms with Crippen LogP contribution in [0.4, 0.5) is 0 Å². The number of aliphatic hydroxyl groups excluding tert-OH is 2. The highest BCUT2D eigenvalue weighted by molar-refractivity contribution is 5.90. The average molecular weight is 157 g/mol. The summed E-state index contributed by atoms with van der Waals surface area (Å²) >= 11 is 0. The average Bonchev–Trinajstić information content (AvgIpc) is 2.17. The van der Waals surface area contributed by atoms with Crippen LogP contribution in [-0.2, 0) is 4.79 Å². The standard InChI is InChI=1S/C8H13O3/c1-3-5-4(2)6(9)8(11)7(5)10/h4-7,9-10H,2-3H2,1H3. The van der Waals surface area contributed by atoms with Crippen molar-refractivity contribution in [3.8, 4) is 0 Å². The second-order valence-corrected chi connectivity index (χ2v) is 3.03. The third-order valence-corrected chi connectivity index (χ3v) is 2.42. The molecule has 0 saturated heterocycles. The molecule has 1 fully saturated rings. The number of carbonyl (C=O) groups is 1. The molecule has 4 atom stereocenters. The van der Waals surface area contributed by atoms with Crippen LogP contribution in [0, 0.1) is 18.8 Å². The van der Waals surface area contributed by atoms with Gasteiger partial charge in [0.15, 0.2) is 5.78 Å². The van der Waals surface area contributed by atoms with Gasteiger partial charge in [-0.15, -0.1) is 0 Å². The number of hydrogen-bond donors (Lipinski definition) is 2. The summed E-state index contributed by atoms with van der Waals surface area (Å²) in [6.45, 7) is 5.51. The minimum Gasteiger partial charge on any atom is -0.385 e. The zero-order valence-corrected chi connectivity index (χ0v) is 6.53. The van der Waals surface area contributed by atoms with Gasteiger partial charge in [0, 0.05) is 0 Å². The Labute approximate surface area is 66.0 Å². The van der Waals surface area contributed by atoms with Crippen molar-refractivity contribution in [2.45, 2.75) is 25.6 Å². The molecular formula is C8H13O3. The molecule has 63 valence electrons. The first-order valence-electron chi connectivity index (χ1n) is 3.82. The minimum atomic E-state index is -1.06. The van der Waals surface area contributed by atoms with Crippen molar-refractivity contribution in [2.75, 3.05) is 0 Å². The van der Waals surface area contributed by atoms with E-state index in [4.69, 9.17) is 5.11 Å². The predicted octanol–water partition coefficient (Wildman–Crippen LogP) is -0.233. The van der Waals surface area contributed by atoms with Crippen LogP contribution in [0.5, 0.6) is 0 Å². The highest BCUT2D eigenvalue weighted by Crippen LogP contribution is 2.31. The Morgan fingerprint density at radius 3 is 2.18 bits per heavy atom. The van der Waals surface area contributed by atoms with Gasteiger partial charge in [0.25, 0.3) is 0 Å². The lowest BCUT2D eigenvalue weighted by Gasteiger charge is -2.14. The molecule has 0 aromatic rings. The summed E-state index contributed by atoms with van der Waals surface area (Å²) in [5.74, 6) is -0.989. The van der Waals surface area contributed by atoms with Gasteiger partial charge < -0.3 is 10.2 Å². The molecule has 1 aliphatic carbocycles. The van der Waals surface area contributed by atoms with Gasteiger partial charge in [0.05, 0.1) is 0 Å². The topological polar surface area (TPSA) is 57.5 Å². The highest BCUT2D eigenvalue weighted by Gasteiger charge is 2.44. The van der Waals surface area contributed by atoms with E-state index in [0.29, 0.717) is 6.42 Å². The van der Waals surface area contributed by atoms with Crippen LogP contribution in [0.25, 0.3) is 0 Å². The molecule has 0 aliphatic heterocycles. The van der Waals surface area contributed by atoms with E-state index in [9.17, 15) is 9.90 Å². The fraction of sp³-hybridized carbons (Fsp3) is 0.750. The maximum Gasteiger partial charge on any atom is 0.190 e. The van der Waals surface area contributed by atoms with Crippen LogP contribution in [0.1, 0.15) is 13.3 Å². The molecule has 0 bridgehead atoms. The smallest absolute Gasteiger partial charge is 0.190 e. The van der Waals surface area contributed by atoms with Gasteiger partial charge in [-0.2, -0.15) is 0 Å². The third kappa shape index (κ3) is 1.19. The van der Waals surface area contributed by atoms with E-state index in [1.165, 1.54) is 0 Å². The van der Waals surface area contributed by atoms with Crippen LogP contribution >= 0.6 is 0 Å². The van der Waals surface area contributed by atoms with E-state index in [0.717, 1.165) is 0 Å². The molecule has 4 unspecified atom stereocenters. The number of aliphatic hydroxyl groups is 2. The van der Waals surface area contributed by atoms with Crippen molar-refractivity contribution < 1.29 is 15.0 Å². The lowest BCUT2D eigenvalue weighted by Crippen LogP contribution is -2.24. The summed E-state index contributed by atoms with van der Waals surface area (Å²) in [4.78, 5) is 10.9. The second kappa shape index (κ2) is 2.91. The summed E-state index contributed by atoms with van der Waals surface area (Å²) in [5, 5.41) is 18.4. The molecule has 0 spiro atoms. The maximum atomic E-state index is 10.9. The molecule has 11 heavy (non-hydrogen) atoms. The van der Waals surface area contributed by atoms with Crippen molar-refractivity contribution in [2.24, 2.45) is 11.8 Å². The SMILES string of the molecule is [CH2]C1C(O)C(=O)C(O)C1CC. The Morgan fingerprint density at radius 1 is 1.45 bits per heavy atom. The minimum absolute atomic E-state index is 0.169. The van der Waals surface area contributed by atoms with Crippen LogP contribution < -0.4 is 0 Å². The van der Waals surface area contributed by atoms with Crippen molar-refractivity contribution in [1.82, 2.24) is 0 Å². The molecule has 1 rings (SSSR count). The Morgan fingerprint density at radius 2 is 2.00 bits per heavy atom. The zero-order chi connectivity index (χ0) is 8.59. The molecule has 3 nitrogen and oxygen atoms in total. The van der Waals surface area contributed by atoms with Gasteiger partial charge in [0.2, 0.25) is 0 Å². The summed E-state index contributed by atoms with van der Waals surface area (Å²) in [6.07, 6.45) is -1.38. The summed E-state index contributed by atoms with van der Waals surface area (Å²) in [7, 11) is 0. The number of Topliss-reactive ketones (excluding diaryl/α,β-unsaturated/α-hetero) is 1. The Kier molecular flexibility index (Phi) is 2.30. The summed E-state index contributed by atoms with van der Waals surface area (Å²) < 4.78 is 0. The quantitative estimate of drug-likeness (QED) is 0.552. The first-order chi connectivity index (χ1) is 5.09. The van der Waals surface area contributed by atoms with Gasteiger partial charge in [-0.3, -0.25) is 4.79 Å². The second-order valence-electron chi connectivity index (χ2n) is 3.03. The third-order valence-electron chi connectivity index (χ3n) is 2.42. The fourth-order valence-corrected chi connectivity index (χ4v) is 1.59. The monoisotopic (exact) mass is 157 g/mol. The van der Waals surface area contributed by atoms with Crippen LogP contribution in [-0.4, -0.2) is 28.2 Å². The van der Waals surface area contributed by atoms with Gasteiger partial charge in [-0.1, -0.05) is 13.3 Å². The number of ketones is 1. The summed E-state index contributed by atoms with van der Waals surface area (Å²) in [5.41, 5.74) is 0. The lowest BCUT2D eigenvalue weighted by molar-refractivity contribution is -0.131. The van der Waals surface area contributed by atoms with E-state index < -0.39 is 18.0 Å². The van der Waals surface area contributed by atoms with Crippen molar-refractivity contribution in [1.29, 1.82) is 0 Å². The van der Waals surface area contributed by atoms with E-state index >= 15 is 0 Å². The molecule has 3 heteroatoms. The molecule has 0 aromatic heterocycles. The number of carbonyl (C=O) groups excluding carboxylic acids is 1. The first kappa shape index (κ1) is 8.68. The Bertz CT molecular complexity index is 167.